The quantitative estimate of drug-likeness (QED) is 0.888. The Morgan fingerprint density at radius 2 is 1.84 bits per heavy atom. The van der Waals surface area contributed by atoms with Crippen LogP contribution in [0.15, 0.2) is 30.3 Å². The van der Waals surface area contributed by atoms with Crippen molar-refractivity contribution in [1.29, 1.82) is 0 Å². The molecule has 1 atom stereocenters. The van der Waals surface area contributed by atoms with Gasteiger partial charge in [0.15, 0.2) is 0 Å². The number of benzene rings is 1. The largest absolute Gasteiger partial charge is 0.314 e. The van der Waals surface area contributed by atoms with E-state index >= 15 is 0 Å². The molecule has 104 valence electrons. The number of nitrogens with zero attached hydrogens (tertiary/aromatic N) is 2. The van der Waals surface area contributed by atoms with Crippen LogP contribution in [0.3, 0.4) is 0 Å². The summed E-state index contributed by atoms with van der Waals surface area (Å²) in [6.45, 7) is 8.40. The summed E-state index contributed by atoms with van der Waals surface area (Å²) in [5.41, 5.74) is 1.45. The Balaban J connectivity index is 1.55. The van der Waals surface area contributed by atoms with Crippen LogP contribution in [0.1, 0.15) is 18.4 Å². The zero-order valence-electron chi connectivity index (χ0n) is 11.7. The van der Waals surface area contributed by atoms with Crippen LogP contribution in [-0.2, 0) is 6.54 Å². The smallest absolute Gasteiger partial charge is 0.0234 e. The van der Waals surface area contributed by atoms with E-state index in [1.54, 1.807) is 0 Å². The molecule has 0 radical (unpaired) electrons. The molecule has 1 unspecified atom stereocenters. The lowest BCUT2D eigenvalue weighted by atomic mass is 10.0. The lowest BCUT2D eigenvalue weighted by Crippen LogP contribution is -2.53. The maximum atomic E-state index is 3.45. The van der Waals surface area contributed by atoms with Crippen molar-refractivity contribution < 1.29 is 0 Å². The summed E-state index contributed by atoms with van der Waals surface area (Å²) < 4.78 is 0. The second-order valence-electron chi connectivity index (χ2n) is 5.80. The van der Waals surface area contributed by atoms with Crippen molar-refractivity contribution in [3.8, 4) is 0 Å². The second-order valence-corrected chi connectivity index (χ2v) is 5.80. The van der Waals surface area contributed by atoms with Gasteiger partial charge in [0.1, 0.15) is 0 Å². The fourth-order valence-corrected chi connectivity index (χ4v) is 3.36. The molecule has 2 aliphatic heterocycles. The molecule has 0 aromatic heterocycles. The van der Waals surface area contributed by atoms with Gasteiger partial charge in [0.05, 0.1) is 0 Å². The number of piperidine rings is 1. The fraction of sp³-hybridized carbons (Fsp3) is 0.625. The molecule has 19 heavy (non-hydrogen) atoms. The normalized spacial score (nSPS) is 26.4. The summed E-state index contributed by atoms with van der Waals surface area (Å²) in [6, 6.07) is 11.7. The van der Waals surface area contributed by atoms with Gasteiger partial charge in [-0.3, -0.25) is 9.80 Å². The van der Waals surface area contributed by atoms with E-state index in [0.717, 1.165) is 25.7 Å². The fourth-order valence-electron chi connectivity index (χ4n) is 3.36. The van der Waals surface area contributed by atoms with E-state index in [2.05, 4.69) is 45.4 Å². The molecule has 0 saturated carbocycles. The first-order valence-corrected chi connectivity index (χ1v) is 7.63. The Kier molecular flexibility index (Phi) is 4.49. The molecule has 0 spiro atoms. The first-order valence-electron chi connectivity index (χ1n) is 7.63. The lowest BCUT2D eigenvalue weighted by Gasteiger charge is -2.41. The highest BCUT2D eigenvalue weighted by Crippen LogP contribution is 2.18. The number of likely N-dealkylation sites (tertiary alicyclic amines) is 1. The highest BCUT2D eigenvalue weighted by molar-refractivity contribution is 5.14. The molecule has 0 bridgehead atoms. The third-order valence-corrected chi connectivity index (χ3v) is 4.40. The van der Waals surface area contributed by atoms with Gasteiger partial charge >= 0.3 is 0 Å². The van der Waals surface area contributed by atoms with Crippen LogP contribution in [0.2, 0.25) is 0 Å². The predicted octanol–water partition coefficient (Wildman–Crippen LogP) is 1.56. The Morgan fingerprint density at radius 1 is 1.05 bits per heavy atom. The lowest BCUT2D eigenvalue weighted by molar-refractivity contribution is 0.0840. The van der Waals surface area contributed by atoms with Gasteiger partial charge in [0.25, 0.3) is 0 Å². The molecule has 1 aromatic rings. The van der Waals surface area contributed by atoms with Crippen LogP contribution in [0, 0.1) is 0 Å². The predicted molar refractivity (Wildman–Crippen MR) is 79.2 cm³/mol. The van der Waals surface area contributed by atoms with Gasteiger partial charge in [0.2, 0.25) is 0 Å². The van der Waals surface area contributed by atoms with Crippen LogP contribution in [0.25, 0.3) is 0 Å². The second kappa shape index (κ2) is 6.51. The van der Waals surface area contributed by atoms with Crippen molar-refractivity contribution in [2.75, 3.05) is 39.3 Å². The van der Waals surface area contributed by atoms with E-state index < -0.39 is 0 Å². The Bertz CT molecular complexity index is 373. The average molecular weight is 259 g/mol. The molecule has 3 nitrogen and oxygen atoms in total. The number of nitrogens with one attached hydrogen (secondary N) is 1. The Morgan fingerprint density at radius 3 is 2.63 bits per heavy atom. The van der Waals surface area contributed by atoms with E-state index in [4.69, 9.17) is 0 Å². The molecular weight excluding hydrogens is 234 g/mol. The summed E-state index contributed by atoms with van der Waals surface area (Å²) in [5, 5.41) is 3.45. The molecule has 2 saturated heterocycles. The zero-order valence-corrected chi connectivity index (χ0v) is 11.7. The number of hydrogen-bond acceptors (Lipinski definition) is 3. The van der Waals surface area contributed by atoms with E-state index in [1.165, 1.54) is 44.6 Å². The van der Waals surface area contributed by atoms with Crippen LogP contribution in [0.4, 0.5) is 0 Å². The molecule has 3 rings (SSSR count). The summed E-state index contributed by atoms with van der Waals surface area (Å²) in [5.74, 6) is 0. The molecule has 1 aromatic carbocycles. The maximum Gasteiger partial charge on any atom is 0.0234 e. The van der Waals surface area contributed by atoms with Gasteiger partial charge in [0, 0.05) is 45.3 Å². The van der Waals surface area contributed by atoms with Crippen LogP contribution in [-0.4, -0.2) is 55.1 Å². The standard InChI is InChI=1S/C16H25N3/c1-2-5-15(6-3-1)13-18-10-4-7-16(14-18)19-11-8-17-9-12-19/h1-3,5-6,16-17H,4,7-14H2. The highest BCUT2D eigenvalue weighted by Gasteiger charge is 2.25. The minimum Gasteiger partial charge on any atom is -0.314 e. The topological polar surface area (TPSA) is 18.5 Å². The van der Waals surface area contributed by atoms with Gasteiger partial charge in [-0.1, -0.05) is 30.3 Å². The minimum atomic E-state index is 0.777. The van der Waals surface area contributed by atoms with Gasteiger partial charge in [-0.15, -0.1) is 0 Å². The summed E-state index contributed by atoms with van der Waals surface area (Å²) in [4.78, 5) is 5.32. The van der Waals surface area contributed by atoms with Gasteiger partial charge in [-0.05, 0) is 24.9 Å². The monoisotopic (exact) mass is 259 g/mol. The maximum absolute atomic E-state index is 3.45. The molecule has 2 fully saturated rings. The van der Waals surface area contributed by atoms with Crippen molar-refractivity contribution in [3.63, 3.8) is 0 Å². The Labute approximate surface area is 116 Å². The van der Waals surface area contributed by atoms with Gasteiger partial charge in [-0.2, -0.15) is 0 Å². The molecule has 0 aliphatic carbocycles. The van der Waals surface area contributed by atoms with Gasteiger partial charge in [-0.25, -0.2) is 0 Å². The number of piperazine rings is 1. The van der Waals surface area contributed by atoms with E-state index in [9.17, 15) is 0 Å². The summed E-state index contributed by atoms with van der Waals surface area (Å²) >= 11 is 0. The van der Waals surface area contributed by atoms with Crippen LogP contribution in [0.5, 0.6) is 0 Å². The molecule has 1 N–H and O–H groups in total. The summed E-state index contributed by atoms with van der Waals surface area (Å²) in [6.07, 6.45) is 2.73. The molecule has 2 aliphatic rings. The molecule has 0 amide bonds. The van der Waals surface area contributed by atoms with Crippen molar-refractivity contribution in [2.24, 2.45) is 0 Å². The van der Waals surface area contributed by atoms with Crippen molar-refractivity contribution in [3.05, 3.63) is 35.9 Å². The SMILES string of the molecule is c1ccc(CN2CCCC(N3CCNCC3)C2)cc1. The first-order chi connectivity index (χ1) is 9.42. The number of hydrogen-bond donors (Lipinski definition) is 1. The van der Waals surface area contributed by atoms with Crippen LogP contribution >= 0.6 is 0 Å². The Hall–Kier alpha value is -0.900. The molecule has 2 heterocycles. The minimum absolute atomic E-state index is 0.777. The zero-order chi connectivity index (χ0) is 12.9. The highest BCUT2D eigenvalue weighted by atomic mass is 15.3. The average Bonchev–Trinajstić information content (AvgIpc) is 2.49. The third-order valence-electron chi connectivity index (χ3n) is 4.40. The van der Waals surface area contributed by atoms with Crippen molar-refractivity contribution in [1.82, 2.24) is 15.1 Å². The molecule has 3 heteroatoms. The van der Waals surface area contributed by atoms with E-state index in [-0.39, 0.29) is 0 Å². The third kappa shape index (κ3) is 3.56. The number of rotatable bonds is 3. The van der Waals surface area contributed by atoms with Crippen molar-refractivity contribution in [2.45, 2.75) is 25.4 Å². The first kappa shape index (κ1) is 13.1. The van der Waals surface area contributed by atoms with Crippen molar-refractivity contribution >= 4 is 0 Å². The van der Waals surface area contributed by atoms with Gasteiger partial charge < -0.3 is 5.32 Å². The van der Waals surface area contributed by atoms with E-state index in [1.807, 2.05) is 0 Å². The van der Waals surface area contributed by atoms with Crippen LogP contribution < -0.4 is 5.32 Å². The molecular formula is C16H25N3. The summed E-state index contributed by atoms with van der Waals surface area (Å²) in [7, 11) is 0. The van der Waals surface area contributed by atoms with E-state index in [0.29, 0.717) is 0 Å².